The molecule has 40 heavy (non-hydrogen) atoms. The summed E-state index contributed by atoms with van der Waals surface area (Å²) in [5, 5.41) is 3.09. The van der Waals surface area contributed by atoms with Gasteiger partial charge in [-0.25, -0.2) is 4.39 Å². The molecule has 2 fully saturated rings. The minimum Gasteiger partial charge on any atom is -0.368 e. The Balaban J connectivity index is 1.47. The Morgan fingerprint density at radius 3 is 2.42 bits per heavy atom. The van der Waals surface area contributed by atoms with Crippen molar-refractivity contribution in [1.29, 1.82) is 0 Å². The van der Waals surface area contributed by atoms with Gasteiger partial charge in [-0.2, -0.15) is 13.2 Å². The second-order valence-electron chi connectivity index (χ2n) is 10.5. The van der Waals surface area contributed by atoms with Crippen LogP contribution < -0.4 is 5.32 Å². The Kier molecular flexibility index (Phi) is 7.68. The van der Waals surface area contributed by atoms with Gasteiger partial charge in [0.2, 0.25) is 5.91 Å². The zero-order chi connectivity index (χ0) is 28.6. The number of amides is 2. The van der Waals surface area contributed by atoms with Crippen molar-refractivity contribution in [3.05, 3.63) is 106 Å². The van der Waals surface area contributed by atoms with Crippen LogP contribution in [0.4, 0.5) is 17.6 Å². The molecule has 5 rings (SSSR count). The lowest BCUT2D eigenvalue weighted by molar-refractivity contribution is -0.138. The Labute approximate surface area is 230 Å². The van der Waals surface area contributed by atoms with E-state index >= 15 is 0 Å². The van der Waals surface area contributed by atoms with Gasteiger partial charge in [-0.05, 0) is 67.8 Å². The van der Waals surface area contributed by atoms with Crippen LogP contribution in [0.3, 0.4) is 0 Å². The molecule has 3 aromatic rings. The van der Waals surface area contributed by atoms with E-state index in [1.807, 2.05) is 6.07 Å². The standard InChI is InChI=1S/C31H30F4N2O3/c1-18-14-22(16-23(15-18)31(33,34)35)19(2)40-26-17-37-27(38)13-12-25(36-30(39)21-6-4-3-5-7-21)29(37)28(26)20-8-10-24(32)11-9-20/h3-11,14-16,19,25-26,28-29H,12-13,17H2,1-2H3,(H,36,39)/t19-,25?,26+,28-,29?/m1/s1. The van der Waals surface area contributed by atoms with E-state index in [2.05, 4.69) is 5.32 Å². The maximum Gasteiger partial charge on any atom is 0.416 e. The molecule has 210 valence electrons. The van der Waals surface area contributed by atoms with Crippen LogP contribution >= 0.6 is 0 Å². The number of nitrogens with one attached hydrogen (secondary N) is 1. The van der Waals surface area contributed by atoms with Gasteiger partial charge in [-0.3, -0.25) is 9.59 Å². The van der Waals surface area contributed by atoms with Crippen LogP contribution in [0.15, 0.2) is 72.8 Å². The first-order valence-corrected chi connectivity index (χ1v) is 13.3. The fourth-order valence-electron chi connectivity index (χ4n) is 5.95. The zero-order valence-electron chi connectivity index (χ0n) is 22.1. The number of carbonyl (C=O) groups is 2. The summed E-state index contributed by atoms with van der Waals surface area (Å²) >= 11 is 0. The van der Waals surface area contributed by atoms with Gasteiger partial charge in [-0.1, -0.05) is 42.0 Å². The van der Waals surface area contributed by atoms with E-state index < -0.39 is 47.8 Å². The third kappa shape index (κ3) is 5.75. The molecule has 0 aromatic heterocycles. The highest BCUT2D eigenvalue weighted by atomic mass is 19.4. The third-order valence-corrected chi connectivity index (χ3v) is 7.79. The average Bonchev–Trinajstić information content (AvgIpc) is 3.30. The maximum absolute atomic E-state index is 13.9. The fraction of sp³-hybridized carbons (Fsp3) is 0.355. The molecule has 5 nitrogen and oxygen atoms in total. The monoisotopic (exact) mass is 554 g/mol. The van der Waals surface area contributed by atoms with Crippen LogP contribution in [-0.4, -0.2) is 41.4 Å². The summed E-state index contributed by atoms with van der Waals surface area (Å²) in [6.45, 7) is 3.48. The minimum atomic E-state index is -4.50. The summed E-state index contributed by atoms with van der Waals surface area (Å²) in [5.41, 5.74) is 1.28. The largest absolute Gasteiger partial charge is 0.416 e. The van der Waals surface area contributed by atoms with Gasteiger partial charge in [0, 0.05) is 24.4 Å². The van der Waals surface area contributed by atoms with E-state index in [0.29, 0.717) is 23.1 Å². The number of alkyl halides is 3. The Morgan fingerprint density at radius 1 is 1.05 bits per heavy atom. The molecule has 0 spiro atoms. The van der Waals surface area contributed by atoms with Crippen molar-refractivity contribution in [2.24, 2.45) is 0 Å². The summed E-state index contributed by atoms with van der Waals surface area (Å²) in [7, 11) is 0. The molecule has 3 aromatic carbocycles. The minimum absolute atomic E-state index is 0.0870. The quantitative estimate of drug-likeness (QED) is 0.370. The van der Waals surface area contributed by atoms with Crippen molar-refractivity contribution in [2.45, 2.75) is 63.1 Å². The zero-order valence-corrected chi connectivity index (χ0v) is 22.1. The predicted octanol–water partition coefficient (Wildman–Crippen LogP) is 6.19. The summed E-state index contributed by atoms with van der Waals surface area (Å²) in [4.78, 5) is 27.9. The molecule has 0 radical (unpaired) electrons. The molecule has 2 aliphatic heterocycles. The van der Waals surface area contributed by atoms with E-state index in [9.17, 15) is 27.2 Å². The number of rotatable bonds is 6. The number of hydrogen-bond donors (Lipinski definition) is 1. The van der Waals surface area contributed by atoms with E-state index in [1.54, 1.807) is 61.2 Å². The molecular formula is C31H30F4N2O3. The Morgan fingerprint density at radius 2 is 1.75 bits per heavy atom. The van der Waals surface area contributed by atoms with Crippen molar-refractivity contribution in [3.8, 4) is 0 Å². The first-order chi connectivity index (χ1) is 19.0. The second kappa shape index (κ2) is 11.0. The first-order valence-electron chi connectivity index (χ1n) is 13.3. The van der Waals surface area contributed by atoms with Crippen molar-refractivity contribution >= 4 is 11.8 Å². The molecule has 1 N–H and O–H groups in total. The summed E-state index contributed by atoms with van der Waals surface area (Å²) in [6, 6.07) is 17.6. The van der Waals surface area contributed by atoms with Gasteiger partial charge in [0.05, 0.1) is 29.9 Å². The van der Waals surface area contributed by atoms with Gasteiger partial charge >= 0.3 is 6.18 Å². The predicted molar refractivity (Wildman–Crippen MR) is 141 cm³/mol. The number of halogens is 4. The van der Waals surface area contributed by atoms with Gasteiger partial charge in [0.15, 0.2) is 0 Å². The SMILES string of the molecule is Cc1cc([C@@H](C)O[C@H]2CN3C(=O)CCC(NC(=O)c4ccccc4)C3[C@@H]2c2ccc(F)cc2)cc(C(F)(F)F)c1. The van der Waals surface area contributed by atoms with E-state index in [0.717, 1.165) is 17.7 Å². The number of carbonyl (C=O) groups excluding carboxylic acids is 2. The number of ether oxygens (including phenoxy) is 1. The molecule has 0 aliphatic carbocycles. The van der Waals surface area contributed by atoms with Crippen LogP contribution in [0.1, 0.15) is 64.4 Å². The summed E-state index contributed by atoms with van der Waals surface area (Å²) in [6.07, 6.45) is -5.16. The van der Waals surface area contributed by atoms with Gasteiger partial charge < -0.3 is 15.0 Å². The number of hydrogen-bond acceptors (Lipinski definition) is 3. The van der Waals surface area contributed by atoms with Gasteiger partial charge in [-0.15, -0.1) is 0 Å². The number of piperidine rings is 1. The molecular weight excluding hydrogens is 524 g/mol. The fourth-order valence-corrected chi connectivity index (χ4v) is 5.95. The molecule has 2 aliphatic rings. The molecule has 5 atom stereocenters. The molecule has 0 saturated carbocycles. The molecule has 2 unspecified atom stereocenters. The van der Waals surface area contributed by atoms with Gasteiger partial charge in [0.1, 0.15) is 5.82 Å². The van der Waals surface area contributed by atoms with E-state index in [4.69, 9.17) is 4.74 Å². The van der Waals surface area contributed by atoms with Crippen LogP contribution in [-0.2, 0) is 15.7 Å². The molecule has 2 amide bonds. The number of benzene rings is 3. The van der Waals surface area contributed by atoms with Crippen molar-refractivity contribution < 1.29 is 31.9 Å². The number of nitrogens with zero attached hydrogens (tertiary/aromatic N) is 1. The molecule has 0 bridgehead atoms. The highest BCUT2D eigenvalue weighted by Crippen LogP contribution is 2.43. The van der Waals surface area contributed by atoms with Crippen molar-refractivity contribution in [3.63, 3.8) is 0 Å². The lowest BCUT2D eigenvalue weighted by atomic mass is 9.82. The molecule has 2 heterocycles. The highest BCUT2D eigenvalue weighted by molar-refractivity contribution is 5.94. The van der Waals surface area contributed by atoms with Crippen LogP contribution in [0.5, 0.6) is 0 Å². The summed E-state index contributed by atoms with van der Waals surface area (Å²) < 4.78 is 60.8. The average molecular weight is 555 g/mol. The van der Waals surface area contributed by atoms with E-state index in [1.165, 1.54) is 12.1 Å². The summed E-state index contributed by atoms with van der Waals surface area (Å²) in [5.74, 6) is -1.22. The number of fused-ring (bicyclic) bond motifs is 1. The van der Waals surface area contributed by atoms with E-state index in [-0.39, 0.29) is 24.8 Å². The smallest absolute Gasteiger partial charge is 0.368 e. The highest BCUT2D eigenvalue weighted by Gasteiger charge is 2.51. The molecule has 9 heteroatoms. The van der Waals surface area contributed by atoms with Crippen LogP contribution in [0.2, 0.25) is 0 Å². The van der Waals surface area contributed by atoms with Gasteiger partial charge in [0.25, 0.3) is 5.91 Å². The third-order valence-electron chi connectivity index (χ3n) is 7.79. The Bertz CT molecular complexity index is 1380. The topological polar surface area (TPSA) is 58.6 Å². The Hall–Kier alpha value is -3.72. The molecule has 2 saturated heterocycles. The van der Waals surface area contributed by atoms with Crippen LogP contribution in [0, 0.1) is 12.7 Å². The second-order valence-corrected chi connectivity index (χ2v) is 10.5. The maximum atomic E-state index is 13.9. The van der Waals surface area contributed by atoms with Crippen LogP contribution in [0.25, 0.3) is 0 Å². The van der Waals surface area contributed by atoms with Crippen molar-refractivity contribution in [2.75, 3.05) is 6.54 Å². The lowest BCUT2D eigenvalue weighted by Gasteiger charge is -2.39. The normalized spacial score (nSPS) is 23.6. The first kappa shape index (κ1) is 27.8. The number of aryl methyl sites for hydroxylation is 1. The van der Waals surface area contributed by atoms with Crippen molar-refractivity contribution in [1.82, 2.24) is 10.2 Å². The lowest BCUT2D eigenvalue weighted by Crippen LogP contribution is -2.56.